The van der Waals surface area contributed by atoms with Gasteiger partial charge in [-0.1, -0.05) is 17.9 Å². The maximum Gasteiger partial charge on any atom is 0.242 e. The molecule has 0 spiro atoms. The molecule has 0 aliphatic carbocycles. The summed E-state index contributed by atoms with van der Waals surface area (Å²) in [5, 5.41) is 8.54. The SMILES string of the molecule is CN(C)S(=O)(=O)c1cccc(C#CCO)c1. The lowest BCUT2D eigenvalue weighted by Gasteiger charge is -2.11. The van der Waals surface area contributed by atoms with Crippen molar-refractivity contribution in [3.8, 4) is 11.8 Å². The van der Waals surface area contributed by atoms with Crippen LogP contribution in [0.25, 0.3) is 0 Å². The molecule has 0 aromatic heterocycles. The topological polar surface area (TPSA) is 57.6 Å². The first-order valence-electron chi connectivity index (χ1n) is 4.61. The second-order valence-corrected chi connectivity index (χ2v) is 5.43. The van der Waals surface area contributed by atoms with Crippen molar-refractivity contribution >= 4 is 10.0 Å². The van der Waals surface area contributed by atoms with Crippen molar-refractivity contribution in [2.45, 2.75) is 4.90 Å². The van der Waals surface area contributed by atoms with Crippen LogP contribution in [-0.4, -0.2) is 38.5 Å². The minimum atomic E-state index is -3.42. The highest BCUT2D eigenvalue weighted by molar-refractivity contribution is 7.89. The highest BCUT2D eigenvalue weighted by Crippen LogP contribution is 2.14. The Morgan fingerprint density at radius 1 is 1.38 bits per heavy atom. The quantitative estimate of drug-likeness (QED) is 0.754. The lowest BCUT2D eigenvalue weighted by molar-refractivity contribution is 0.350. The van der Waals surface area contributed by atoms with Crippen LogP contribution in [0.4, 0.5) is 0 Å². The smallest absolute Gasteiger partial charge is 0.242 e. The van der Waals surface area contributed by atoms with Crippen molar-refractivity contribution in [1.82, 2.24) is 4.31 Å². The summed E-state index contributed by atoms with van der Waals surface area (Å²) in [6.07, 6.45) is 0. The number of nitrogens with zero attached hydrogens (tertiary/aromatic N) is 1. The van der Waals surface area contributed by atoms with Gasteiger partial charge in [0.25, 0.3) is 0 Å². The molecule has 1 N–H and O–H groups in total. The predicted molar refractivity (Wildman–Crippen MR) is 61.3 cm³/mol. The van der Waals surface area contributed by atoms with E-state index in [0.717, 1.165) is 4.31 Å². The Morgan fingerprint density at radius 3 is 2.62 bits per heavy atom. The molecule has 4 nitrogen and oxygen atoms in total. The van der Waals surface area contributed by atoms with Crippen LogP contribution in [0.1, 0.15) is 5.56 Å². The largest absolute Gasteiger partial charge is 0.384 e. The molecule has 0 atom stereocenters. The number of aliphatic hydroxyl groups is 1. The van der Waals surface area contributed by atoms with Crippen molar-refractivity contribution in [1.29, 1.82) is 0 Å². The molecule has 0 amide bonds. The van der Waals surface area contributed by atoms with Gasteiger partial charge in [-0.05, 0) is 18.2 Å². The fourth-order valence-electron chi connectivity index (χ4n) is 1.09. The average molecular weight is 239 g/mol. The van der Waals surface area contributed by atoms with Gasteiger partial charge in [-0.25, -0.2) is 12.7 Å². The van der Waals surface area contributed by atoms with Crippen LogP contribution in [0.3, 0.4) is 0 Å². The van der Waals surface area contributed by atoms with Crippen LogP contribution in [0.5, 0.6) is 0 Å². The number of hydrogen-bond donors (Lipinski definition) is 1. The molecule has 0 aliphatic rings. The van der Waals surface area contributed by atoms with Crippen LogP contribution in [0, 0.1) is 11.8 Å². The molecule has 0 heterocycles. The first-order valence-corrected chi connectivity index (χ1v) is 6.05. The Hall–Kier alpha value is -1.35. The first kappa shape index (κ1) is 12.7. The monoisotopic (exact) mass is 239 g/mol. The van der Waals surface area contributed by atoms with Gasteiger partial charge in [-0.3, -0.25) is 0 Å². The number of aliphatic hydroxyl groups excluding tert-OH is 1. The summed E-state index contributed by atoms with van der Waals surface area (Å²) in [7, 11) is -0.474. The molecule has 0 saturated carbocycles. The lowest BCUT2D eigenvalue weighted by Crippen LogP contribution is -2.22. The van der Waals surface area contributed by atoms with Crippen LogP contribution < -0.4 is 0 Å². The van der Waals surface area contributed by atoms with Gasteiger partial charge in [0, 0.05) is 19.7 Å². The summed E-state index contributed by atoms with van der Waals surface area (Å²) in [5.41, 5.74) is 0.567. The van der Waals surface area contributed by atoms with E-state index < -0.39 is 10.0 Å². The second-order valence-electron chi connectivity index (χ2n) is 3.28. The maximum absolute atomic E-state index is 11.8. The highest BCUT2D eigenvalue weighted by atomic mass is 32.2. The van der Waals surface area contributed by atoms with Gasteiger partial charge in [-0.2, -0.15) is 0 Å². The Morgan fingerprint density at radius 2 is 2.06 bits per heavy atom. The fourth-order valence-corrected chi connectivity index (χ4v) is 2.03. The molecule has 1 aromatic carbocycles. The Balaban J connectivity index is 3.18. The van der Waals surface area contributed by atoms with E-state index >= 15 is 0 Å². The van der Waals surface area contributed by atoms with Crippen molar-refractivity contribution < 1.29 is 13.5 Å². The number of rotatable bonds is 2. The highest BCUT2D eigenvalue weighted by Gasteiger charge is 2.16. The van der Waals surface area contributed by atoms with Crippen LogP contribution >= 0.6 is 0 Å². The molecule has 86 valence electrons. The van der Waals surface area contributed by atoms with Crippen molar-refractivity contribution in [2.75, 3.05) is 20.7 Å². The lowest BCUT2D eigenvalue weighted by atomic mass is 10.2. The van der Waals surface area contributed by atoms with E-state index in [0.29, 0.717) is 5.56 Å². The summed E-state index contributed by atoms with van der Waals surface area (Å²) in [5.74, 6) is 5.13. The van der Waals surface area contributed by atoms with Gasteiger partial charge in [0.1, 0.15) is 6.61 Å². The summed E-state index contributed by atoms with van der Waals surface area (Å²) in [4.78, 5) is 0.197. The first-order chi connectivity index (χ1) is 7.48. The third kappa shape index (κ3) is 2.83. The van der Waals surface area contributed by atoms with E-state index in [9.17, 15) is 8.42 Å². The van der Waals surface area contributed by atoms with Crippen molar-refractivity contribution in [2.24, 2.45) is 0 Å². The van der Waals surface area contributed by atoms with Crippen LogP contribution in [0.2, 0.25) is 0 Å². The summed E-state index contributed by atoms with van der Waals surface area (Å²) in [6, 6.07) is 6.31. The van der Waals surface area contributed by atoms with Gasteiger partial charge < -0.3 is 5.11 Å². The van der Waals surface area contributed by atoms with E-state index in [1.165, 1.54) is 26.2 Å². The molecule has 0 unspecified atom stereocenters. The fraction of sp³-hybridized carbons (Fsp3) is 0.273. The number of sulfonamides is 1. The van der Waals surface area contributed by atoms with Gasteiger partial charge in [-0.15, -0.1) is 0 Å². The molecule has 0 fully saturated rings. The summed E-state index contributed by atoms with van der Waals surface area (Å²) < 4.78 is 24.7. The normalized spacial score (nSPS) is 11.0. The van der Waals surface area contributed by atoms with E-state index in [1.807, 2.05) is 0 Å². The van der Waals surface area contributed by atoms with Gasteiger partial charge in [0.05, 0.1) is 4.90 Å². The third-order valence-corrected chi connectivity index (χ3v) is 3.74. The summed E-state index contributed by atoms with van der Waals surface area (Å²) in [6.45, 7) is -0.245. The van der Waals surface area contributed by atoms with Gasteiger partial charge >= 0.3 is 0 Å². The second kappa shape index (κ2) is 5.12. The molecule has 1 rings (SSSR count). The van der Waals surface area contributed by atoms with E-state index in [2.05, 4.69) is 11.8 Å². The van der Waals surface area contributed by atoms with E-state index in [1.54, 1.807) is 12.1 Å². The molecule has 1 aromatic rings. The number of hydrogen-bond acceptors (Lipinski definition) is 3. The van der Waals surface area contributed by atoms with Crippen LogP contribution in [0.15, 0.2) is 29.2 Å². The zero-order valence-electron chi connectivity index (χ0n) is 9.14. The zero-order valence-corrected chi connectivity index (χ0v) is 9.95. The minimum absolute atomic E-state index is 0.197. The molecule has 16 heavy (non-hydrogen) atoms. The van der Waals surface area contributed by atoms with Crippen molar-refractivity contribution in [3.63, 3.8) is 0 Å². The number of benzene rings is 1. The molecule has 0 radical (unpaired) electrons. The summed E-state index contributed by atoms with van der Waals surface area (Å²) >= 11 is 0. The van der Waals surface area contributed by atoms with E-state index in [-0.39, 0.29) is 11.5 Å². The molecule has 0 bridgehead atoms. The van der Waals surface area contributed by atoms with Crippen LogP contribution in [-0.2, 0) is 10.0 Å². The van der Waals surface area contributed by atoms with Gasteiger partial charge in [0.2, 0.25) is 10.0 Å². The molecular formula is C11H13NO3S. The van der Waals surface area contributed by atoms with Crippen molar-refractivity contribution in [3.05, 3.63) is 29.8 Å². The minimum Gasteiger partial charge on any atom is -0.384 e. The predicted octanol–water partition coefficient (Wildman–Crippen LogP) is 0.281. The molecular weight excluding hydrogens is 226 g/mol. The molecule has 5 heteroatoms. The van der Waals surface area contributed by atoms with Gasteiger partial charge in [0.15, 0.2) is 0 Å². The van der Waals surface area contributed by atoms with E-state index in [4.69, 9.17) is 5.11 Å². The Bertz CT molecular complexity index is 524. The molecule has 0 saturated heterocycles. The standard InChI is InChI=1S/C11H13NO3S/c1-12(2)16(14,15)11-7-3-5-10(9-11)6-4-8-13/h3,5,7,9,13H,8H2,1-2H3. The Kier molecular flexibility index (Phi) is 4.07. The Labute approximate surface area is 95.6 Å². The third-order valence-electron chi connectivity index (χ3n) is 1.92. The molecule has 0 aliphatic heterocycles. The zero-order chi connectivity index (χ0) is 12.2. The average Bonchev–Trinajstić information content (AvgIpc) is 2.26. The maximum atomic E-state index is 11.8.